The quantitative estimate of drug-likeness (QED) is 0.285. The number of ether oxygens (including phenoxy) is 2. The van der Waals surface area contributed by atoms with E-state index in [1.54, 1.807) is 13.0 Å². The molecule has 4 nitrogen and oxygen atoms in total. The highest BCUT2D eigenvalue weighted by atomic mass is 35.5. The molecule has 0 spiro atoms. The minimum Gasteiger partial charge on any atom is -0.490 e. The van der Waals surface area contributed by atoms with E-state index in [9.17, 15) is 4.79 Å². The van der Waals surface area contributed by atoms with E-state index < -0.39 is 5.97 Å². The lowest BCUT2D eigenvalue weighted by molar-refractivity contribution is 0.0509. The van der Waals surface area contributed by atoms with Crippen LogP contribution in [0.15, 0.2) is 54.6 Å². The first-order chi connectivity index (χ1) is 15.1. The number of allylic oxidation sites excluding steroid dienone is 1. The van der Waals surface area contributed by atoms with Crippen molar-refractivity contribution < 1.29 is 14.3 Å². The van der Waals surface area contributed by atoms with Crippen LogP contribution in [0.5, 0.6) is 5.75 Å². The number of para-hydroxylation sites is 1. The van der Waals surface area contributed by atoms with Crippen molar-refractivity contribution in [1.29, 1.82) is 0 Å². The monoisotopic (exact) mass is 457 g/mol. The number of rotatable bonds is 7. The topological polar surface area (TPSA) is 40.5 Å². The van der Waals surface area contributed by atoms with E-state index >= 15 is 0 Å². The Kier molecular flexibility index (Phi) is 6.89. The summed E-state index contributed by atoms with van der Waals surface area (Å²) < 4.78 is 13.7. The van der Waals surface area contributed by atoms with E-state index in [4.69, 9.17) is 32.7 Å². The lowest BCUT2D eigenvalue weighted by Gasteiger charge is -2.17. The number of halogens is 2. The molecule has 0 N–H and O–H groups in total. The second-order valence-electron chi connectivity index (χ2n) is 7.68. The normalized spacial score (nSPS) is 15.9. The van der Waals surface area contributed by atoms with Crippen LogP contribution >= 0.6 is 23.2 Å². The lowest BCUT2D eigenvalue weighted by atomic mass is 9.97. The largest absolute Gasteiger partial charge is 0.490 e. The molecular weight excluding hydrogens is 433 g/mol. The molecule has 1 heterocycles. The number of carbonyl (C=O) groups excluding carboxylic acids is 1. The Morgan fingerprint density at radius 1 is 1.16 bits per heavy atom. The Hall–Kier alpha value is -2.43. The highest BCUT2D eigenvalue weighted by Gasteiger charge is 2.26. The molecule has 162 valence electrons. The molecule has 0 aliphatic heterocycles. The molecule has 0 fully saturated rings. The van der Waals surface area contributed by atoms with Gasteiger partial charge in [-0.1, -0.05) is 53.6 Å². The Labute approximate surface area is 192 Å². The van der Waals surface area contributed by atoms with Crippen LogP contribution in [0.4, 0.5) is 0 Å². The first kappa shape index (κ1) is 21.8. The van der Waals surface area contributed by atoms with E-state index in [0.717, 1.165) is 35.7 Å². The minimum atomic E-state index is -0.395. The number of fused-ring (bicyclic) bond motifs is 1. The Bertz CT molecular complexity index is 1120. The summed E-state index contributed by atoms with van der Waals surface area (Å²) in [5.41, 5.74) is 2.27. The van der Waals surface area contributed by atoms with Crippen LogP contribution in [0.25, 0.3) is 10.9 Å². The number of aromatic nitrogens is 1. The Balaban J connectivity index is 1.78. The van der Waals surface area contributed by atoms with E-state index in [0.29, 0.717) is 40.6 Å². The summed E-state index contributed by atoms with van der Waals surface area (Å²) in [6.07, 6.45) is 7.79. The third-order valence-corrected chi connectivity index (χ3v) is 6.25. The van der Waals surface area contributed by atoms with Gasteiger partial charge in [-0.3, -0.25) is 0 Å². The van der Waals surface area contributed by atoms with E-state index in [2.05, 4.69) is 12.2 Å². The molecule has 0 radical (unpaired) electrons. The molecule has 4 rings (SSSR count). The average Bonchev–Trinajstić information content (AvgIpc) is 3.09. The van der Waals surface area contributed by atoms with Gasteiger partial charge in [0.2, 0.25) is 0 Å². The third kappa shape index (κ3) is 4.76. The summed E-state index contributed by atoms with van der Waals surface area (Å²) in [5, 5.41) is 1.87. The van der Waals surface area contributed by atoms with Gasteiger partial charge in [0.05, 0.1) is 28.8 Å². The van der Waals surface area contributed by atoms with Gasteiger partial charge in [-0.25, -0.2) is 4.79 Å². The second-order valence-corrected chi connectivity index (χ2v) is 8.49. The number of carbonyl (C=O) groups is 1. The highest BCUT2D eigenvalue weighted by molar-refractivity contribution is 6.42. The number of hydrogen-bond acceptors (Lipinski definition) is 3. The smallest absolute Gasteiger partial charge is 0.358 e. The molecule has 3 aromatic rings. The van der Waals surface area contributed by atoms with E-state index in [-0.39, 0.29) is 6.61 Å². The molecule has 1 unspecified atom stereocenters. The van der Waals surface area contributed by atoms with Gasteiger partial charge in [0.15, 0.2) is 11.4 Å². The van der Waals surface area contributed by atoms with Gasteiger partial charge < -0.3 is 14.0 Å². The molecule has 1 aromatic heterocycles. The summed E-state index contributed by atoms with van der Waals surface area (Å²) in [6, 6.07) is 13.4. The number of hydrogen-bond donors (Lipinski definition) is 0. The maximum absolute atomic E-state index is 13.0. The zero-order valence-corrected chi connectivity index (χ0v) is 19.0. The molecule has 0 saturated heterocycles. The fourth-order valence-electron chi connectivity index (χ4n) is 4.02. The molecular formula is C25H25Cl2NO3. The Morgan fingerprint density at radius 3 is 2.74 bits per heavy atom. The second kappa shape index (κ2) is 9.80. The average molecular weight is 458 g/mol. The van der Waals surface area contributed by atoms with Crippen molar-refractivity contribution in [2.24, 2.45) is 5.92 Å². The van der Waals surface area contributed by atoms with Gasteiger partial charge in [-0.2, -0.15) is 0 Å². The molecule has 1 aliphatic rings. The van der Waals surface area contributed by atoms with Crippen LogP contribution in [0.2, 0.25) is 10.0 Å². The summed E-state index contributed by atoms with van der Waals surface area (Å²) >= 11 is 12.3. The van der Waals surface area contributed by atoms with Crippen LogP contribution in [-0.4, -0.2) is 23.8 Å². The maximum Gasteiger partial charge on any atom is 0.358 e. The molecule has 1 atom stereocenters. The van der Waals surface area contributed by atoms with Crippen molar-refractivity contribution in [2.75, 3.05) is 13.2 Å². The van der Waals surface area contributed by atoms with Gasteiger partial charge in [0, 0.05) is 17.8 Å². The van der Waals surface area contributed by atoms with E-state index in [1.807, 2.05) is 41.0 Å². The van der Waals surface area contributed by atoms with Gasteiger partial charge in [0.1, 0.15) is 0 Å². The predicted molar refractivity (Wildman–Crippen MR) is 125 cm³/mol. The summed E-state index contributed by atoms with van der Waals surface area (Å²) in [4.78, 5) is 13.0. The van der Waals surface area contributed by atoms with Crippen LogP contribution < -0.4 is 4.74 Å². The number of esters is 1. The molecule has 0 bridgehead atoms. The lowest BCUT2D eigenvalue weighted by Crippen LogP contribution is -2.17. The molecule has 1 aliphatic carbocycles. The minimum absolute atomic E-state index is 0.290. The molecule has 2 aromatic carbocycles. The summed E-state index contributed by atoms with van der Waals surface area (Å²) in [5.74, 6) is 0.530. The summed E-state index contributed by atoms with van der Waals surface area (Å²) in [6.45, 7) is 3.07. The van der Waals surface area contributed by atoms with Gasteiger partial charge in [-0.15, -0.1) is 0 Å². The first-order valence-corrected chi connectivity index (χ1v) is 11.4. The standard InChI is InChI=1S/C25H25Cl2NO3/c1-2-30-25(29)23-24(31-16-17-8-4-3-5-9-17)19-10-6-7-11-22(19)28(23)15-18-12-13-20(26)21(27)14-18/h4,6-8,10-14,17H,2-3,5,9,15-16H2,1H3. The van der Waals surface area contributed by atoms with Crippen LogP contribution in [0, 0.1) is 5.92 Å². The van der Waals surface area contributed by atoms with Crippen molar-refractivity contribution in [1.82, 2.24) is 4.57 Å². The van der Waals surface area contributed by atoms with Crippen molar-refractivity contribution in [2.45, 2.75) is 32.7 Å². The number of nitrogens with zero attached hydrogens (tertiary/aromatic N) is 1. The van der Waals surface area contributed by atoms with Crippen LogP contribution in [0.3, 0.4) is 0 Å². The molecule has 0 saturated carbocycles. The van der Waals surface area contributed by atoms with E-state index in [1.165, 1.54) is 0 Å². The molecule has 31 heavy (non-hydrogen) atoms. The fourth-order valence-corrected chi connectivity index (χ4v) is 4.34. The van der Waals surface area contributed by atoms with Crippen molar-refractivity contribution >= 4 is 40.1 Å². The first-order valence-electron chi connectivity index (χ1n) is 10.6. The molecule has 0 amide bonds. The zero-order chi connectivity index (χ0) is 21.8. The highest BCUT2D eigenvalue weighted by Crippen LogP contribution is 2.36. The number of benzene rings is 2. The maximum atomic E-state index is 13.0. The fraction of sp³-hybridized carbons (Fsp3) is 0.320. The zero-order valence-electron chi connectivity index (χ0n) is 17.4. The van der Waals surface area contributed by atoms with Crippen molar-refractivity contribution in [3.8, 4) is 5.75 Å². The van der Waals surface area contributed by atoms with Crippen molar-refractivity contribution in [3.05, 3.63) is 75.9 Å². The third-order valence-electron chi connectivity index (χ3n) is 5.51. The SMILES string of the molecule is CCOC(=O)c1c(OCC2C=CCCC2)c2ccccc2n1Cc1ccc(Cl)c(Cl)c1. The van der Waals surface area contributed by atoms with Crippen LogP contribution in [0.1, 0.15) is 42.2 Å². The van der Waals surface area contributed by atoms with Crippen LogP contribution in [-0.2, 0) is 11.3 Å². The van der Waals surface area contributed by atoms with Crippen molar-refractivity contribution in [3.63, 3.8) is 0 Å². The Morgan fingerprint density at radius 2 is 2.00 bits per heavy atom. The van der Waals surface area contributed by atoms with Gasteiger partial charge in [0.25, 0.3) is 0 Å². The predicted octanol–water partition coefficient (Wildman–Crippen LogP) is 6.91. The van der Waals surface area contributed by atoms with Gasteiger partial charge >= 0.3 is 5.97 Å². The summed E-state index contributed by atoms with van der Waals surface area (Å²) in [7, 11) is 0. The molecule has 6 heteroatoms. The van der Waals surface area contributed by atoms with Gasteiger partial charge in [-0.05, 0) is 56.0 Å².